The minimum absolute atomic E-state index is 0.308. The van der Waals surface area contributed by atoms with E-state index in [0.717, 1.165) is 24.4 Å². The lowest BCUT2D eigenvalue weighted by atomic mass is 9.73. The monoisotopic (exact) mass is 252 g/mol. The maximum absolute atomic E-state index is 6.19. The molecule has 2 aliphatic rings. The lowest BCUT2D eigenvalue weighted by molar-refractivity contribution is 0.00997. The number of nitrogens with zero attached hydrogens (tertiary/aromatic N) is 1. The van der Waals surface area contributed by atoms with Gasteiger partial charge in [-0.15, -0.1) is 0 Å². The number of likely N-dealkylation sites (N-methyl/N-ethyl adjacent to an activating group) is 1. The van der Waals surface area contributed by atoms with Crippen molar-refractivity contribution in [3.63, 3.8) is 0 Å². The summed E-state index contributed by atoms with van der Waals surface area (Å²) < 4.78 is 0. The van der Waals surface area contributed by atoms with Crippen molar-refractivity contribution in [1.82, 2.24) is 4.90 Å². The standard InChI is InChI=1S/C16H32N2/c1-13-6-8-15(9-7-13)18(3)16(12-17)10-4-5-14(2)11-16/h13-15H,4-12,17H2,1-3H3. The average molecular weight is 252 g/mol. The third-order valence-corrected chi connectivity index (χ3v) is 5.73. The van der Waals surface area contributed by atoms with E-state index in [2.05, 4.69) is 25.8 Å². The highest BCUT2D eigenvalue weighted by Gasteiger charge is 2.40. The predicted molar refractivity (Wildman–Crippen MR) is 78.6 cm³/mol. The van der Waals surface area contributed by atoms with E-state index in [1.165, 1.54) is 51.4 Å². The smallest absolute Gasteiger partial charge is 0.0334 e. The van der Waals surface area contributed by atoms with Crippen LogP contribution in [0.1, 0.15) is 65.2 Å². The topological polar surface area (TPSA) is 29.3 Å². The molecule has 0 aliphatic heterocycles. The molecule has 0 spiro atoms. The first-order valence-corrected chi connectivity index (χ1v) is 8.00. The van der Waals surface area contributed by atoms with E-state index in [1.807, 2.05) is 0 Å². The van der Waals surface area contributed by atoms with Gasteiger partial charge >= 0.3 is 0 Å². The Kier molecular flexibility index (Phi) is 4.71. The van der Waals surface area contributed by atoms with Crippen molar-refractivity contribution in [3.05, 3.63) is 0 Å². The van der Waals surface area contributed by atoms with Crippen LogP contribution >= 0.6 is 0 Å². The SMILES string of the molecule is CC1CCC(N(C)C2(CN)CCCC(C)C2)CC1. The maximum atomic E-state index is 6.19. The molecule has 0 radical (unpaired) electrons. The van der Waals surface area contributed by atoms with Crippen LogP contribution < -0.4 is 5.73 Å². The van der Waals surface area contributed by atoms with Gasteiger partial charge in [0, 0.05) is 18.1 Å². The molecular formula is C16H32N2. The minimum atomic E-state index is 0.308. The third kappa shape index (κ3) is 2.91. The molecule has 2 saturated carbocycles. The Morgan fingerprint density at radius 2 is 1.72 bits per heavy atom. The zero-order valence-electron chi connectivity index (χ0n) is 12.6. The Morgan fingerprint density at radius 3 is 2.28 bits per heavy atom. The van der Waals surface area contributed by atoms with E-state index in [1.54, 1.807) is 0 Å². The molecule has 0 aromatic carbocycles. The Morgan fingerprint density at radius 1 is 1.06 bits per heavy atom. The van der Waals surface area contributed by atoms with E-state index in [0.29, 0.717) is 5.54 Å². The van der Waals surface area contributed by atoms with Crippen LogP contribution in [0.15, 0.2) is 0 Å². The highest BCUT2D eigenvalue weighted by Crippen LogP contribution is 2.39. The van der Waals surface area contributed by atoms with Crippen molar-refractivity contribution in [3.8, 4) is 0 Å². The molecule has 0 amide bonds. The quantitative estimate of drug-likeness (QED) is 0.834. The molecule has 0 aromatic heterocycles. The van der Waals surface area contributed by atoms with Gasteiger partial charge in [0.05, 0.1) is 0 Å². The second-order valence-electron chi connectivity index (χ2n) is 7.15. The van der Waals surface area contributed by atoms with Crippen molar-refractivity contribution in [1.29, 1.82) is 0 Å². The Bertz CT molecular complexity index is 258. The van der Waals surface area contributed by atoms with E-state index in [4.69, 9.17) is 5.73 Å². The highest BCUT2D eigenvalue weighted by molar-refractivity contribution is 4.97. The number of nitrogens with two attached hydrogens (primary N) is 1. The van der Waals surface area contributed by atoms with Crippen molar-refractivity contribution in [2.45, 2.75) is 76.8 Å². The highest BCUT2D eigenvalue weighted by atomic mass is 15.2. The molecule has 2 aliphatic carbocycles. The summed E-state index contributed by atoms with van der Waals surface area (Å²) in [7, 11) is 2.35. The van der Waals surface area contributed by atoms with E-state index >= 15 is 0 Å². The molecule has 106 valence electrons. The zero-order valence-corrected chi connectivity index (χ0v) is 12.6. The van der Waals surface area contributed by atoms with Crippen LogP contribution in [-0.2, 0) is 0 Å². The van der Waals surface area contributed by atoms with Crippen LogP contribution in [0.2, 0.25) is 0 Å². The number of hydrogen-bond donors (Lipinski definition) is 1. The van der Waals surface area contributed by atoms with Crippen LogP contribution in [0.4, 0.5) is 0 Å². The molecule has 18 heavy (non-hydrogen) atoms. The van der Waals surface area contributed by atoms with Gasteiger partial charge in [0.1, 0.15) is 0 Å². The Labute approximate surface area is 113 Å². The molecule has 2 atom stereocenters. The van der Waals surface area contributed by atoms with Crippen LogP contribution in [0.25, 0.3) is 0 Å². The number of rotatable bonds is 3. The molecule has 2 nitrogen and oxygen atoms in total. The summed E-state index contributed by atoms with van der Waals surface area (Å²) >= 11 is 0. The van der Waals surface area contributed by atoms with Crippen LogP contribution in [0, 0.1) is 11.8 Å². The second-order valence-corrected chi connectivity index (χ2v) is 7.15. The normalized spacial score (nSPS) is 42.2. The first-order chi connectivity index (χ1) is 8.57. The number of hydrogen-bond acceptors (Lipinski definition) is 2. The summed E-state index contributed by atoms with van der Waals surface area (Å²) in [6.07, 6.45) is 11.0. The fraction of sp³-hybridized carbons (Fsp3) is 1.00. The molecule has 2 rings (SSSR count). The van der Waals surface area contributed by atoms with Crippen molar-refractivity contribution in [2.24, 2.45) is 17.6 Å². The van der Waals surface area contributed by atoms with Gasteiger partial charge in [-0.1, -0.05) is 26.7 Å². The van der Waals surface area contributed by atoms with Crippen molar-refractivity contribution < 1.29 is 0 Å². The van der Waals surface area contributed by atoms with Gasteiger partial charge in [0.25, 0.3) is 0 Å². The lowest BCUT2D eigenvalue weighted by Crippen LogP contribution is -2.58. The molecule has 0 aromatic rings. The van der Waals surface area contributed by atoms with Crippen molar-refractivity contribution >= 4 is 0 Å². The van der Waals surface area contributed by atoms with Gasteiger partial charge in [0.2, 0.25) is 0 Å². The second kappa shape index (κ2) is 5.92. The molecule has 2 unspecified atom stereocenters. The molecule has 2 heteroatoms. The van der Waals surface area contributed by atoms with Gasteiger partial charge in [-0.3, -0.25) is 4.90 Å². The molecule has 0 bridgehead atoms. The Balaban J connectivity index is 2.02. The van der Waals surface area contributed by atoms with E-state index in [-0.39, 0.29) is 0 Å². The van der Waals surface area contributed by atoms with Gasteiger partial charge in [0.15, 0.2) is 0 Å². The lowest BCUT2D eigenvalue weighted by Gasteiger charge is -2.50. The van der Waals surface area contributed by atoms with Gasteiger partial charge in [-0.25, -0.2) is 0 Å². The predicted octanol–water partition coefficient (Wildman–Crippen LogP) is 3.40. The minimum Gasteiger partial charge on any atom is -0.329 e. The summed E-state index contributed by atoms with van der Waals surface area (Å²) in [5, 5.41) is 0. The Hall–Kier alpha value is -0.0800. The van der Waals surface area contributed by atoms with Gasteiger partial charge < -0.3 is 5.73 Å². The summed E-state index contributed by atoms with van der Waals surface area (Å²) in [6, 6.07) is 0.787. The van der Waals surface area contributed by atoms with Crippen LogP contribution in [0.3, 0.4) is 0 Å². The first-order valence-electron chi connectivity index (χ1n) is 8.00. The molecule has 2 N–H and O–H groups in total. The summed E-state index contributed by atoms with van der Waals surface area (Å²) in [5.41, 5.74) is 6.50. The summed E-state index contributed by atoms with van der Waals surface area (Å²) in [4.78, 5) is 2.69. The van der Waals surface area contributed by atoms with Crippen LogP contribution in [-0.4, -0.2) is 30.1 Å². The zero-order chi connectivity index (χ0) is 13.2. The fourth-order valence-corrected chi connectivity index (χ4v) is 4.30. The molecular weight excluding hydrogens is 220 g/mol. The van der Waals surface area contributed by atoms with E-state index < -0.39 is 0 Å². The van der Waals surface area contributed by atoms with Gasteiger partial charge in [-0.2, -0.15) is 0 Å². The van der Waals surface area contributed by atoms with Gasteiger partial charge in [-0.05, 0) is 57.4 Å². The molecule has 0 heterocycles. The molecule has 2 fully saturated rings. The maximum Gasteiger partial charge on any atom is 0.0334 e. The average Bonchev–Trinajstić information content (AvgIpc) is 2.38. The summed E-state index contributed by atoms with van der Waals surface area (Å²) in [5.74, 6) is 1.79. The summed E-state index contributed by atoms with van der Waals surface area (Å²) in [6.45, 7) is 5.65. The van der Waals surface area contributed by atoms with Crippen LogP contribution in [0.5, 0.6) is 0 Å². The third-order valence-electron chi connectivity index (χ3n) is 5.73. The largest absolute Gasteiger partial charge is 0.329 e. The fourth-order valence-electron chi connectivity index (χ4n) is 4.30. The van der Waals surface area contributed by atoms with Crippen molar-refractivity contribution in [2.75, 3.05) is 13.6 Å². The first kappa shape index (κ1) is 14.3. The molecule has 0 saturated heterocycles. The van der Waals surface area contributed by atoms with E-state index in [9.17, 15) is 0 Å².